The molecule has 0 aliphatic carbocycles. The molecule has 33 heavy (non-hydrogen) atoms. The Bertz CT molecular complexity index is 1420. The maximum absolute atomic E-state index is 12.9. The number of carbonyl (C=O) groups excluding carboxylic acids is 1. The first-order chi connectivity index (χ1) is 15.5. The lowest BCUT2D eigenvalue weighted by Crippen LogP contribution is -2.11. The number of rotatable bonds is 3. The van der Waals surface area contributed by atoms with Crippen molar-refractivity contribution in [2.75, 3.05) is 11.5 Å². The first-order valence-corrected chi connectivity index (χ1v) is 9.66. The van der Waals surface area contributed by atoms with Crippen LogP contribution in [-0.4, -0.2) is 5.97 Å². The van der Waals surface area contributed by atoms with Crippen molar-refractivity contribution in [2.45, 2.75) is 13.1 Å². The fraction of sp³-hybridized carbons (Fsp3) is 0.0833. The highest BCUT2D eigenvalue weighted by molar-refractivity contribution is 5.93. The monoisotopic (exact) mass is 454 g/mol. The number of alkyl halides is 3. The number of nitrogens with two attached hydrogens (primary N) is 2. The average molecular weight is 454 g/mol. The molecule has 9 heteroatoms. The molecule has 1 aromatic heterocycles. The molecule has 0 radical (unpaired) electrons. The molecule has 3 aromatic carbocycles. The normalized spacial score (nSPS) is 11.5. The summed E-state index contributed by atoms with van der Waals surface area (Å²) in [5.41, 5.74) is 11.6. The second kappa shape index (κ2) is 8.01. The molecule has 0 aliphatic rings. The zero-order valence-corrected chi connectivity index (χ0v) is 17.2. The first-order valence-electron chi connectivity index (χ1n) is 9.66. The molecule has 6 nitrogen and oxygen atoms in total. The molecule has 4 N–H and O–H groups in total. The molecule has 0 spiro atoms. The molecule has 0 amide bonds. The zero-order valence-electron chi connectivity index (χ0n) is 17.2. The predicted molar refractivity (Wildman–Crippen MR) is 118 cm³/mol. The van der Waals surface area contributed by atoms with Gasteiger partial charge in [-0.3, -0.25) is 4.79 Å². The topological polar surface area (TPSA) is 109 Å². The average Bonchev–Trinajstić information content (AvgIpc) is 2.75. The minimum Gasteiger partial charge on any atom is -0.455 e. The molecule has 0 saturated carbocycles. The molecule has 4 rings (SSSR count). The number of ether oxygens (including phenoxy) is 1. The third-order valence-corrected chi connectivity index (χ3v) is 4.99. The first kappa shape index (κ1) is 21.9. The van der Waals surface area contributed by atoms with Crippen molar-refractivity contribution in [3.8, 4) is 17.1 Å². The third kappa shape index (κ3) is 4.38. The molecular weight excluding hydrogens is 437 g/mol. The van der Waals surface area contributed by atoms with E-state index in [1.54, 1.807) is 0 Å². The van der Waals surface area contributed by atoms with E-state index in [0.717, 1.165) is 12.1 Å². The molecule has 1 heterocycles. The SMILES string of the molecule is Cc1c(-c2ccc(C(F)(F)F)cc2)oc2cc(OC(=O)c3cc(N)cc(N)c3)ccc2c1=O. The van der Waals surface area contributed by atoms with Crippen molar-refractivity contribution in [1.82, 2.24) is 0 Å². The van der Waals surface area contributed by atoms with Crippen LogP contribution in [0.2, 0.25) is 0 Å². The highest BCUT2D eigenvalue weighted by Crippen LogP contribution is 2.33. The minimum absolute atomic E-state index is 0.0962. The number of hydrogen-bond donors (Lipinski definition) is 2. The maximum Gasteiger partial charge on any atom is 0.416 e. The summed E-state index contributed by atoms with van der Waals surface area (Å²) in [6.45, 7) is 1.52. The van der Waals surface area contributed by atoms with E-state index >= 15 is 0 Å². The minimum atomic E-state index is -4.48. The van der Waals surface area contributed by atoms with Gasteiger partial charge in [0.05, 0.1) is 16.5 Å². The fourth-order valence-electron chi connectivity index (χ4n) is 3.38. The van der Waals surface area contributed by atoms with Gasteiger partial charge in [0, 0.05) is 28.6 Å². The molecule has 0 unspecified atom stereocenters. The Labute approximate surface area is 185 Å². The lowest BCUT2D eigenvalue weighted by Gasteiger charge is -2.11. The van der Waals surface area contributed by atoms with Crippen LogP contribution in [0.15, 0.2) is 69.9 Å². The van der Waals surface area contributed by atoms with Crippen LogP contribution in [0.1, 0.15) is 21.5 Å². The Kier molecular flexibility index (Phi) is 5.33. The molecule has 168 valence electrons. The van der Waals surface area contributed by atoms with E-state index in [2.05, 4.69) is 0 Å². The van der Waals surface area contributed by atoms with E-state index in [1.807, 2.05) is 0 Å². The van der Waals surface area contributed by atoms with Crippen LogP contribution in [0.4, 0.5) is 24.5 Å². The predicted octanol–water partition coefficient (Wildman–Crippen LogP) is 5.17. The van der Waals surface area contributed by atoms with Gasteiger partial charge in [0.2, 0.25) is 0 Å². The van der Waals surface area contributed by atoms with Crippen molar-refractivity contribution in [2.24, 2.45) is 0 Å². The van der Waals surface area contributed by atoms with Crippen LogP contribution >= 0.6 is 0 Å². The summed E-state index contributed by atoms with van der Waals surface area (Å²) in [6.07, 6.45) is -4.48. The summed E-state index contributed by atoms with van der Waals surface area (Å²) in [6, 6.07) is 12.8. The summed E-state index contributed by atoms with van der Waals surface area (Å²) in [7, 11) is 0. The van der Waals surface area contributed by atoms with Crippen molar-refractivity contribution in [1.29, 1.82) is 0 Å². The summed E-state index contributed by atoms with van der Waals surface area (Å²) < 4.78 is 49.8. The maximum atomic E-state index is 12.9. The summed E-state index contributed by atoms with van der Waals surface area (Å²) in [5.74, 6) is -0.502. The fourth-order valence-corrected chi connectivity index (χ4v) is 3.38. The van der Waals surface area contributed by atoms with E-state index in [4.69, 9.17) is 20.6 Å². The number of carbonyl (C=O) groups is 1. The number of anilines is 2. The summed E-state index contributed by atoms with van der Waals surface area (Å²) in [5, 5.41) is 0.233. The molecule has 0 fully saturated rings. The lowest BCUT2D eigenvalue weighted by atomic mass is 10.0. The Morgan fingerprint density at radius 3 is 2.18 bits per heavy atom. The van der Waals surface area contributed by atoms with Gasteiger partial charge in [0.25, 0.3) is 0 Å². The molecule has 0 aliphatic heterocycles. The second-order valence-corrected chi connectivity index (χ2v) is 7.40. The van der Waals surface area contributed by atoms with Gasteiger partial charge in [-0.1, -0.05) is 12.1 Å². The van der Waals surface area contributed by atoms with Crippen molar-refractivity contribution in [3.63, 3.8) is 0 Å². The van der Waals surface area contributed by atoms with E-state index in [-0.39, 0.29) is 39.0 Å². The van der Waals surface area contributed by atoms with E-state index in [1.165, 1.54) is 55.5 Å². The van der Waals surface area contributed by atoms with Gasteiger partial charge in [-0.15, -0.1) is 0 Å². The van der Waals surface area contributed by atoms with Gasteiger partial charge in [0.15, 0.2) is 5.43 Å². The number of hydrogen-bond acceptors (Lipinski definition) is 6. The molecule has 4 aromatic rings. The van der Waals surface area contributed by atoms with Crippen LogP contribution in [0.25, 0.3) is 22.3 Å². The Hall–Kier alpha value is -4.27. The smallest absolute Gasteiger partial charge is 0.416 e. The highest BCUT2D eigenvalue weighted by atomic mass is 19.4. The van der Waals surface area contributed by atoms with Gasteiger partial charge < -0.3 is 20.6 Å². The number of fused-ring (bicyclic) bond motifs is 1. The van der Waals surface area contributed by atoms with Gasteiger partial charge in [-0.05, 0) is 49.4 Å². The lowest BCUT2D eigenvalue weighted by molar-refractivity contribution is -0.137. The summed E-state index contributed by atoms with van der Waals surface area (Å²) >= 11 is 0. The standard InChI is InChI=1S/C24H17F3N2O4/c1-12-21(30)19-7-6-18(32-23(31)14-8-16(28)10-17(29)9-14)11-20(19)33-22(12)13-2-4-15(5-3-13)24(25,26)27/h2-11H,28-29H2,1H3. The number of halogens is 3. The van der Waals surface area contributed by atoms with E-state index in [9.17, 15) is 22.8 Å². The molecular formula is C24H17F3N2O4. The van der Waals surface area contributed by atoms with Gasteiger partial charge in [-0.2, -0.15) is 13.2 Å². The van der Waals surface area contributed by atoms with Crippen molar-refractivity contribution in [3.05, 3.63) is 87.6 Å². The zero-order chi connectivity index (χ0) is 23.9. The molecule has 0 atom stereocenters. The Balaban J connectivity index is 1.72. The van der Waals surface area contributed by atoms with Gasteiger partial charge >= 0.3 is 12.1 Å². The number of nitrogen functional groups attached to an aromatic ring is 2. The van der Waals surface area contributed by atoms with Crippen LogP contribution in [0, 0.1) is 6.92 Å². The largest absolute Gasteiger partial charge is 0.455 e. The second-order valence-electron chi connectivity index (χ2n) is 7.40. The number of esters is 1. The van der Waals surface area contributed by atoms with Crippen LogP contribution in [0.5, 0.6) is 5.75 Å². The Morgan fingerprint density at radius 2 is 1.58 bits per heavy atom. The van der Waals surface area contributed by atoms with Crippen molar-refractivity contribution >= 4 is 28.3 Å². The molecule has 0 saturated heterocycles. The third-order valence-electron chi connectivity index (χ3n) is 4.99. The van der Waals surface area contributed by atoms with Crippen LogP contribution in [-0.2, 0) is 6.18 Å². The summed E-state index contributed by atoms with van der Waals surface area (Å²) in [4.78, 5) is 25.3. The number of benzene rings is 3. The van der Waals surface area contributed by atoms with Crippen molar-refractivity contribution < 1.29 is 27.1 Å². The Morgan fingerprint density at radius 1 is 0.939 bits per heavy atom. The van der Waals surface area contributed by atoms with Gasteiger partial charge in [0.1, 0.15) is 17.1 Å². The van der Waals surface area contributed by atoms with E-state index in [0.29, 0.717) is 16.9 Å². The highest BCUT2D eigenvalue weighted by Gasteiger charge is 2.30. The van der Waals surface area contributed by atoms with E-state index < -0.39 is 17.7 Å². The quantitative estimate of drug-likeness (QED) is 0.251. The van der Waals surface area contributed by atoms with Gasteiger partial charge in [-0.25, -0.2) is 4.79 Å². The molecule has 0 bridgehead atoms. The van der Waals surface area contributed by atoms with Crippen LogP contribution in [0.3, 0.4) is 0 Å². The van der Waals surface area contributed by atoms with Crippen LogP contribution < -0.4 is 21.6 Å².